The molecule has 0 unspecified atom stereocenters. The average Bonchev–Trinajstić information content (AvgIpc) is 3.17. The molecule has 0 saturated carbocycles. The van der Waals surface area contributed by atoms with Crippen LogP contribution in [0.4, 0.5) is 0 Å². The van der Waals surface area contributed by atoms with Crippen LogP contribution >= 0.6 is 0 Å². The second-order valence-electron chi connectivity index (χ2n) is 12.1. The molecule has 0 N–H and O–H groups in total. The molecule has 0 spiro atoms. The largest absolute Gasteiger partial charge is 0.208 e. The molecule has 0 saturated heterocycles. The molecule has 1 aromatic heterocycles. The molecule has 0 bridgehead atoms. The molecule has 1 heterocycles. The van der Waals surface area contributed by atoms with E-state index in [9.17, 15) is 0 Å². The first-order valence-corrected chi connectivity index (χ1v) is 16.2. The molecule has 9 aromatic rings. The van der Waals surface area contributed by atoms with Crippen LogP contribution in [0.5, 0.6) is 0 Å². The van der Waals surface area contributed by atoms with E-state index in [4.69, 9.17) is 15.0 Å². The standard InChI is InChI=1S/C45H29N3/c1-2-10-30(11-3-1)32-20-24-35(25-21-32)43-46-44(48-45(47-43)41-19-9-15-33-13-6-7-17-39(33)41)38-27-23-34-16-8-18-40(42(34)29-38)37-26-22-31-12-4-5-14-36(31)28-37/h1-29H. The van der Waals surface area contributed by atoms with E-state index >= 15 is 0 Å². The Morgan fingerprint density at radius 2 is 0.771 bits per heavy atom. The first-order valence-electron chi connectivity index (χ1n) is 16.2. The highest BCUT2D eigenvalue weighted by molar-refractivity contribution is 6.01. The first kappa shape index (κ1) is 27.8. The van der Waals surface area contributed by atoms with E-state index in [1.165, 1.54) is 32.8 Å². The lowest BCUT2D eigenvalue weighted by Crippen LogP contribution is -2.00. The van der Waals surface area contributed by atoms with Gasteiger partial charge >= 0.3 is 0 Å². The lowest BCUT2D eigenvalue weighted by molar-refractivity contribution is 1.08. The Morgan fingerprint density at radius 1 is 0.250 bits per heavy atom. The number of hydrogen-bond acceptors (Lipinski definition) is 3. The summed E-state index contributed by atoms with van der Waals surface area (Å²) >= 11 is 0. The van der Waals surface area contributed by atoms with Crippen molar-refractivity contribution in [2.24, 2.45) is 0 Å². The maximum absolute atomic E-state index is 5.14. The van der Waals surface area contributed by atoms with E-state index in [1.54, 1.807) is 0 Å². The van der Waals surface area contributed by atoms with Crippen molar-refractivity contribution in [2.75, 3.05) is 0 Å². The van der Waals surface area contributed by atoms with Crippen molar-refractivity contribution in [1.29, 1.82) is 0 Å². The van der Waals surface area contributed by atoms with Gasteiger partial charge in [0.2, 0.25) is 0 Å². The fraction of sp³-hybridized carbons (Fsp3) is 0. The van der Waals surface area contributed by atoms with Crippen molar-refractivity contribution in [2.45, 2.75) is 0 Å². The SMILES string of the molecule is c1ccc(-c2ccc(-c3nc(-c4ccc5cccc(-c6ccc7ccccc7c6)c5c4)nc(-c4cccc5ccccc45)n3)cc2)cc1. The Balaban J connectivity index is 1.22. The van der Waals surface area contributed by atoms with Crippen LogP contribution in [-0.2, 0) is 0 Å². The summed E-state index contributed by atoms with van der Waals surface area (Å²) in [4.78, 5) is 15.3. The van der Waals surface area contributed by atoms with Gasteiger partial charge in [-0.25, -0.2) is 15.0 Å². The summed E-state index contributed by atoms with van der Waals surface area (Å²) in [7, 11) is 0. The van der Waals surface area contributed by atoms with Crippen LogP contribution < -0.4 is 0 Å². The topological polar surface area (TPSA) is 38.7 Å². The zero-order valence-corrected chi connectivity index (χ0v) is 26.1. The summed E-state index contributed by atoms with van der Waals surface area (Å²) in [6, 6.07) is 61.8. The van der Waals surface area contributed by atoms with Crippen molar-refractivity contribution >= 4 is 32.3 Å². The molecule has 0 atom stereocenters. The zero-order chi connectivity index (χ0) is 31.9. The summed E-state index contributed by atoms with van der Waals surface area (Å²) in [5.74, 6) is 1.94. The van der Waals surface area contributed by atoms with Crippen LogP contribution in [-0.4, -0.2) is 15.0 Å². The second kappa shape index (κ2) is 11.7. The predicted octanol–water partition coefficient (Wildman–Crippen LogP) is 11.7. The van der Waals surface area contributed by atoms with E-state index in [1.807, 2.05) is 6.07 Å². The van der Waals surface area contributed by atoms with Crippen molar-refractivity contribution in [3.05, 3.63) is 176 Å². The molecular formula is C45H29N3. The zero-order valence-electron chi connectivity index (χ0n) is 26.1. The molecule has 0 amide bonds. The van der Waals surface area contributed by atoms with Crippen molar-refractivity contribution in [3.63, 3.8) is 0 Å². The molecule has 3 heteroatoms. The van der Waals surface area contributed by atoms with E-state index in [-0.39, 0.29) is 0 Å². The van der Waals surface area contributed by atoms with Crippen LogP contribution in [0.2, 0.25) is 0 Å². The molecule has 0 radical (unpaired) electrons. The van der Waals surface area contributed by atoms with E-state index < -0.39 is 0 Å². The molecule has 8 aromatic carbocycles. The lowest BCUT2D eigenvalue weighted by Gasteiger charge is -2.12. The Labute approximate surface area is 278 Å². The van der Waals surface area contributed by atoms with E-state index in [0.717, 1.165) is 38.4 Å². The van der Waals surface area contributed by atoms with Gasteiger partial charge in [-0.1, -0.05) is 164 Å². The van der Waals surface area contributed by atoms with Crippen molar-refractivity contribution < 1.29 is 0 Å². The van der Waals surface area contributed by atoms with Gasteiger partial charge in [-0.15, -0.1) is 0 Å². The fourth-order valence-electron chi connectivity index (χ4n) is 6.64. The minimum Gasteiger partial charge on any atom is -0.208 e. The fourth-order valence-corrected chi connectivity index (χ4v) is 6.64. The molecule has 0 aliphatic heterocycles. The molecule has 0 aliphatic carbocycles. The summed E-state index contributed by atoms with van der Waals surface area (Å²) in [6.45, 7) is 0. The predicted molar refractivity (Wildman–Crippen MR) is 200 cm³/mol. The Morgan fingerprint density at radius 3 is 1.58 bits per heavy atom. The van der Waals surface area contributed by atoms with Crippen LogP contribution in [0.15, 0.2) is 176 Å². The first-order chi connectivity index (χ1) is 23.8. The number of nitrogens with zero attached hydrogens (tertiary/aromatic N) is 3. The maximum atomic E-state index is 5.14. The lowest BCUT2D eigenvalue weighted by atomic mass is 9.95. The number of benzene rings is 8. The summed E-state index contributed by atoms with van der Waals surface area (Å²) in [6.07, 6.45) is 0. The van der Waals surface area contributed by atoms with Crippen LogP contribution in [0, 0.1) is 0 Å². The molecule has 0 fully saturated rings. The third kappa shape index (κ3) is 5.08. The van der Waals surface area contributed by atoms with Gasteiger partial charge in [-0.05, 0) is 66.7 Å². The summed E-state index contributed by atoms with van der Waals surface area (Å²) in [5.41, 5.74) is 7.56. The van der Waals surface area contributed by atoms with Gasteiger partial charge in [-0.2, -0.15) is 0 Å². The van der Waals surface area contributed by atoms with Gasteiger partial charge in [0.15, 0.2) is 17.5 Å². The van der Waals surface area contributed by atoms with Gasteiger partial charge in [-0.3, -0.25) is 0 Å². The second-order valence-corrected chi connectivity index (χ2v) is 12.1. The quantitative estimate of drug-likeness (QED) is 0.194. The number of aromatic nitrogens is 3. The van der Waals surface area contributed by atoms with Crippen LogP contribution in [0.25, 0.3) is 88.7 Å². The monoisotopic (exact) mass is 611 g/mol. The summed E-state index contributed by atoms with van der Waals surface area (Å²) in [5, 5.41) is 7.05. The van der Waals surface area contributed by atoms with Gasteiger partial charge < -0.3 is 0 Å². The molecule has 48 heavy (non-hydrogen) atoms. The Hall–Kier alpha value is -6.45. The van der Waals surface area contributed by atoms with Crippen molar-refractivity contribution in [1.82, 2.24) is 15.0 Å². The van der Waals surface area contributed by atoms with E-state index in [0.29, 0.717) is 17.5 Å². The minimum atomic E-state index is 0.644. The van der Waals surface area contributed by atoms with Gasteiger partial charge in [0.1, 0.15) is 0 Å². The number of fused-ring (bicyclic) bond motifs is 3. The van der Waals surface area contributed by atoms with E-state index in [2.05, 4.69) is 170 Å². The normalized spacial score (nSPS) is 11.3. The van der Waals surface area contributed by atoms with Gasteiger partial charge in [0, 0.05) is 16.7 Å². The number of rotatable bonds is 5. The van der Waals surface area contributed by atoms with Crippen molar-refractivity contribution in [3.8, 4) is 56.4 Å². The summed E-state index contributed by atoms with van der Waals surface area (Å²) < 4.78 is 0. The highest BCUT2D eigenvalue weighted by atomic mass is 15.0. The highest BCUT2D eigenvalue weighted by Gasteiger charge is 2.16. The van der Waals surface area contributed by atoms with Crippen LogP contribution in [0.3, 0.4) is 0 Å². The highest BCUT2D eigenvalue weighted by Crippen LogP contribution is 2.35. The average molecular weight is 612 g/mol. The Kier molecular flexibility index (Phi) is 6.80. The third-order valence-corrected chi connectivity index (χ3v) is 9.12. The molecular weight excluding hydrogens is 583 g/mol. The molecule has 224 valence electrons. The van der Waals surface area contributed by atoms with Crippen LogP contribution in [0.1, 0.15) is 0 Å². The van der Waals surface area contributed by atoms with Gasteiger partial charge in [0.05, 0.1) is 0 Å². The third-order valence-electron chi connectivity index (χ3n) is 9.12. The Bertz CT molecular complexity index is 2600. The maximum Gasteiger partial charge on any atom is 0.164 e. The smallest absolute Gasteiger partial charge is 0.164 e. The molecule has 3 nitrogen and oxygen atoms in total. The minimum absolute atomic E-state index is 0.644. The number of hydrogen-bond donors (Lipinski definition) is 0. The molecule has 0 aliphatic rings. The van der Waals surface area contributed by atoms with Gasteiger partial charge in [0.25, 0.3) is 0 Å². The molecule has 9 rings (SSSR count).